The topological polar surface area (TPSA) is 66.5 Å². The van der Waals surface area contributed by atoms with Gasteiger partial charge in [-0.15, -0.1) is 11.8 Å². The van der Waals surface area contributed by atoms with Gasteiger partial charge in [0.1, 0.15) is 0 Å². The highest BCUT2D eigenvalue weighted by Crippen LogP contribution is 2.19. The number of amides is 3. The van der Waals surface area contributed by atoms with E-state index in [1.165, 1.54) is 4.90 Å². The lowest BCUT2D eigenvalue weighted by atomic mass is 10.1. The lowest BCUT2D eigenvalue weighted by Gasteiger charge is -2.19. The van der Waals surface area contributed by atoms with Gasteiger partial charge in [0.05, 0.1) is 5.25 Å². The van der Waals surface area contributed by atoms with E-state index in [-0.39, 0.29) is 23.0 Å². The van der Waals surface area contributed by atoms with E-state index in [2.05, 4.69) is 5.32 Å². The minimum Gasteiger partial charge on any atom is -0.355 e. The van der Waals surface area contributed by atoms with E-state index >= 15 is 0 Å². The van der Waals surface area contributed by atoms with Gasteiger partial charge >= 0.3 is 0 Å². The van der Waals surface area contributed by atoms with Crippen molar-refractivity contribution in [2.75, 3.05) is 18.8 Å². The number of rotatable bonds is 8. The fraction of sp³-hybridized carbons (Fsp3) is 0.786. The summed E-state index contributed by atoms with van der Waals surface area (Å²) in [7, 11) is 0. The van der Waals surface area contributed by atoms with Gasteiger partial charge in [0, 0.05) is 25.9 Å². The second-order valence-electron chi connectivity index (χ2n) is 5.20. The molecule has 0 aromatic rings. The highest BCUT2D eigenvalue weighted by Gasteiger charge is 2.28. The summed E-state index contributed by atoms with van der Waals surface area (Å²) in [5.74, 6) is 1.06. The molecule has 1 rings (SSSR count). The lowest BCUT2D eigenvalue weighted by Crippen LogP contribution is -2.38. The molecule has 0 aromatic carbocycles. The molecule has 1 unspecified atom stereocenters. The highest BCUT2D eigenvalue weighted by molar-refractivity contribution is 8.00. The van der Waals surface area contributed by atoms with E-state index in [9.17, 15) is 14.4 Å². The third-order valence-corrected chi connectivity index (χ3v) is 4.67. The predicted octanol–water partition coefficient (Wildman–Crippen LogP) is 1.42. The molecular weight excluding hydrogens is 276 g/mol. The molecule has 1 aliphatic rings. The zero-order valence-electron chi connectivity index (χ0n) is 12.5. The summed E-state index contributed by atoms with van der Waals surface area (Å²) >= 11 is 1.65. The molecule has 0 radical (unpaired) electrons. The molecule has 0 bridgehead atoms. The normalized spacial score (nSPS) is 16.9. The number of nitrogens with one attached hydrogen (secondary N) is 1. The molecule has 114 valence electrons. The maximum atomic E-state index is 12.0. The van der Waals surface area contributed by atoms with Crippen molar-refractivity contribution in [3.8, 4) is 0 Å². The van der Waals surface area contributed by atoms with Crippen molar-refractivity contribution in [2.24, 2.45) is 5.92 Å². The minimum absolute atomic E-state index is 0.0324. The van der Waals surface area contributed by atoms with Gasteiger partial charge in [-0.05, 0) is 18.1 Å². The first-order valence-electron chi connectivity index (χ1n) is 7.19. The number of carbonyl (C=O) groups excluding carboxylic acids is 3. The summed E-state index contributed by atoms with van der Waals surface area (Å²) in [4.78, 5) is 36.1. The molecule has 1 aliphatic heterocycles. The Morgan fingerprint density at radius 1 is 1.30 bits per heavy atom. The molecule has 1 N–H and O–H groups in total. The number of imide groups is 1. The number of hydrogen-bond donors (Lipinski definition) is 1. The number of nitrogens with zero attached hydrogens (tertiary/aromatic N) is 1. The molecule has 3 amide bonds. The van der Waals surface area contributed by atoms with Crippen molar-refractivity contribution >= 4 is 29.5 Å². The van der Waals surface area contributed by atoms with Crippen LogP contribution in [0.2, 0.25) is 0 Å². The standard InChI is InChI=1S/C14H24N2O3S/c1-4-20-13(10(2)3)14(19)15-8-5-9-16-11(17)6-7-12(16)18/h10,13H,4-9H2,1-3H3,(H,15,19). The largest absolute Gasteiger partial charge is 0.355 e. The highest BCUT2D eigenvalue weighted by atomic mass is 32.2. The van der Waals surface area contributed by atoms with Crippen molar-refractivity contribution in [2.45, 2.75) is 45.3 Å². The van der Waals surface area contributed by atoms with Gasteiger partial charge in [-0.3, -0.25) is 19.3 Å². The van der Waals surface area contributed by atoms with Gasteiger partial charge in [0.2, 0.25) is 17.7 Å². The molecule has 1 saturated heterocycles. The van der Waals surface area contributed by atoms with Crippen molar-refractivity contribution in [1.82, 2.24) is 10.2 Å². The summed E-state index contributed by atoms with van der Waals surface area (Å²) in [5.41, 5.74) is 0. The molecule has 5 nitrogen and oxygen atoms in total. The quantitative estimate of drug-likeness (QED) is 0.544. The molecule has 20 heavy (non-hydrogen) atoms. The average molecular weight is 300 g/mol. The van der Waals surface area contributed by atoms with E-state index in [0.717, 1.165) is 5.75 Å². The lowest BCUT2D eigenvalue weighted by molar-refractivity contribution is -0.138. The second-order valence-corrected chi connectivity index (χ2v) is 6.62. The van der Waals surface area contributed by atoms with E-state index in [0.29, 0.717) is 38.3 Å². The van der Waals surface area contributed by atoms with Crippen LogP contribution in [-0.4, -0.2) is 46.7 Å². The van der Waals surface area contributed by atoms with Crippen LogP contribution in [0.4, 0.5) is 0 Å². The maximum absolute atomic E-state index is 12.0. The fourth-order valence-corrected chi connectivity index (χ4v) is 3.15. The van der Waals surface area contributed by atoms with Crippen LogP contribution < -0.4 is 5.32 Å². The van der Waals surface area contributed by atoms with Gasteiger partial charge in [-0.2, -0.15) is 0 Å². The Hall–Kier alpha value is -1.04. The van der Waals surface area contributed by atoms with E-state index in [4.69, 9.17) is 0 Å². The molecule has 0 saturated carbocycles. The molecule has 0 spiro atoms. The Morgan fingerprint density at radius 2 is 1.90 bits per heavy atom. The number of carbonyl (C=O) groups is 3. The summed E-state index contributed by atoms with van der Waals surface area (Å²) < 4.78 is 0. The molecule has 1 fully saturated rings. The molecule has 1 atom stereocenters. The molecule has 0 aliphatic carbocycles. The van der Waals surface area contributed by atoms with Gasteiger partial charge < -0.3 is 5.32 Å². The van der Waals surface area contributed by atoms with Gasteiger partial charge in [0.15, 0.2) is 0 Å². The van der Waals surface area contributed by atoms with Crippen LogP contribution in [0.1, 0.15) is 40.0 Å². The Bertz CT molecular complexity index is 355. The summed E-state index contributed by atoms with van der Waals surface area (Å²) in [5, 5.41) is 2.86. The molecule has 1 heterocycles. The van der Waals surface area contributed by atoms with Crippen molar-refractivity contribution in [3.05, 3.63) is 0 Å². The van der Waals surface area contributed by atoms with E-state index < -0.39 is 0 Å². The first-order valence-corrected chi connectivity index (χ1v) is 8.24. The fourth-order valence-electron chi connectivity index (χ4n) is 2.17. The maximum Gasteiger partial charge on any atom is 0.233 e. The predicted molar refractivity (Wildman–Crippen MR) is 80.3 cm³/mol. The van der Waals surface area contributed by atoms with Crippen molar-refractivity contribution in [3.63, 3.8) is 0 Å². The third-order valence-electron chi connectivity index (χ3n) is 3.22. The zero-order valence-corrected chi connectivity index (χ0v) is 13.3. The van der Waals surface area contributed by atoms with Crippen LogP contribution in [-0.2, 0) is 14.4 Å². The molecule has 6 heteroatoms. The van der Waals surface area contributed by atoms with Crippen LogP contribution in [0.25, 0.3) is 0 Å². The van der Waals surface area contributed by atoms with E-state index in [1.807, 2.05) is 20.8 Å². The van der Waals surface area contributed by atoms with Crippen LogP contribution in [0.15, 0.2) is 0 Å². The van der Waals surface area contributed by atoms with E-state index in [1.54, 1.807) is 11.8 Å². The van der Waals surface area contributed by atoms with Crippen molar-refractivity contribution in [1.29, 1.82) is 0 Å². The minimum atomic E-state index is -0.0945. The van der Waals surface area contributed by atoms with Gasteiger partial charge in [-0.1, -0.05) is 20.8 Å². The molecular formula is C14H24N2O3S. The van der Waals surface area contributed by atoms with Crippen LogP contribution in [0.5, 0.6) is 0 Å². The first-order chi connectivity index (χ1) is 9.47. The number of hydrogen-bond acceptors (Lipinski definition) is 4. The monoisotopic (exact) mass is 300 g/mol. The Labute approximate surface area is 124 Å². The van der Waals surface area contributed by atoms with Gasteiger partial charge in [0.25, 0.3) is 0 Å². The van der Waals surface area contributed by atoms with Gasteiger partial charge in [-0.25, -0.2) is 0 Å². The zero-order chi connectivity index (χ0) is 15.1. The SMILES string of the molecule is CCSC(C(=O)NCCCN1C(=O)CCC1=O)C(C)C. The Balaban J connectivity index is 2.27. The second kappa shape index (κ2) is 8.29. The number of thioether (sulfide) groups is 1. The van der Waals surface area contributed by atoms with Crippen LogP contribution in [0, 0.1) is 5.92 Å². The van der Waals surface area contributed by atoms with Crippen LogP contribution in [0.3, 0.4) is 0 Å². The summed E-state index contributed by atoms with van der Waals surface area (Å²) in [6.45, 7) is 7.02. The summed E-state index contributed by atoms with van der Waals surface area (Å²) in [6, 6.07) is 0. The Kier molecular flexibility index (Phi) is 7.05. The Morgan fingerprint density at radius 3 is 2.40 bits per heavy atom. The average Bonchev–Trinajstić information content (AvgIpc) is 2.71. The van der Waals surface area contributed by atoms with Crippen LogP contribution >= 0.6 is 11.8 Å². The molecule has 0 aromatic heterocycles. The third kappa shape index (κ3) is 4.81. The first kappa shape index (κ1) is 17.0. The smallest absolute Gasteiger partial charge is 0.233 e. The van der Waals surface area contributed by atoms with Crippen molar-refractivity contribution < 1.29 is 14.4 Å². The summed E-state index contributed by atoms with van der Waals surface area (Å²) in [6.07, 6.45) is 1.27. The number of likely N-dealkylation sites (tertiary alicyclic amines) is 1.